The molecule has 2 aliphatic rings. The molecule has 1 saturated heterocycles. The molecule has 0 saturated carbocycles. The number of rotatable bonds is 3. The maximum atomic E-state index is 12.9. The third-order valence-corrected chi connectivity index (χ3v) is 6.05. The van der Waals surface area contributed by atoms with Crippen LogP contribution in [0.4, 0.5) is 0 Å². The van der Waals surface area contributed by atoms with E-state index in [9.17, 15) is 9.90 Å². The lowest BCUT2D eigenvalue weighted by Gasteiger charge is -2.17. The van der Waals surface area contributed by atoms with E-state index in [1.807, 2.05) is 47.4 Å². The number of H-pyrrole nitrogens is 1. The van der Waals surface area contributed by atoms with Gasteiger partial charge in [-0.3, -0.25) is 4.79 Å². The molecule has 5 rings (SSSR count). The number of aromatic nitrogens is 2. The number of aliphatic hydroxyl groups is 1. The molecule has 0 spiro atoms. The summed E-state index contributed by atoms with van der Waals surface area (Å²) in [4.78, 5) is 22.4. The monoisotopic (exact) mass is 373 g/mol. The van der Waals surface area contributed by atoms with Crippen molar-refractivity contribution in [1.29, 1.82) is 0 Å². The van der Waals surface area contributed by atoms with Gasteiger partial charge in [-0.2, -0.15) is 0 Å². The van der Waals surface area contributed by atoms with E-state index >= 15 is 0 Å². The summed E-state index contributed by atoms with van der Waals surface area (Å²) in [6.07, 6.45) is 6.71. The maximum Gasteiger partial charge on any atom is 0.253 e. The predicted octanol–water partition coefficient (Wildman–Crippen LogP) is 3.76. The maximum absolute atomic E-state index is 12.9. The molecule has 2 heterocycles. The van der Waals surface area contributed by atoms with Gasteiger partial charge in [0.2, 0.25) is 0 Å². The van der Waals surface area contributed by atoms with Gasteiger partial charge in [0.05, 0.1) is 11.0 Å². The van der Waals surface area contributed by atoms with E-state index in [-0.39, 0.29) is 12.5 Å². The molecule has 1 amide bonds. The smallest absolute Gasteiger partial charge is 0.253 e. The Morgan fingerprint density at radius 3 is 2.39 bits per heavy atom. The molecule has 2 N–H and O–H groups in total. The largest absolute Gasteiger partial charge is 0.388 e. The number of hydrogen-bond donors (Lipinski definition) is 2. The Hall–Kier alpha value is -2.92. The summed E-state index contributed by atoms with van der Waals surface area (Å²) in [5, 5.41) is 9.23. The number of benzene rings is 2. The van der Waals surface area contributed by atoms with Crippen molar-refractivity contribution in [2.75, 3.05) is 13.1 Å². The highest BCUT2D eigenvalue weighted by Crippen LogP contribution is 2.33. The molecule has 5 heteroatoms. The molecule has 5 nitrogen and oxygen atoms in total. The van der Waals surface area contributed by atoms with E-state index in [1.54, 1.807) is 0 Å². The third-order valence-electron chi connectivity index (χ3n) is 6.05. The van der Waals surface area contributed by atoms with Crippen molar-refractivity contribution in [3.8, 4) is 11.1 Å². The summed E-state index contributed by atoms with van der Waals surface area (Å²) in [6.45, 7) is 1.65. The van der Waals surface area contributed by atoms with E-state index in [0.717, 1.165) is 53.7 Å². The van der Waals surface area contributed by atoms with Gasteiger partial charge in [-0.05, 0) is 60.1 Å². The number of nitrogens with one attached hydrogen (secondary N) is 1. The summed E-state index contributed by atoms with van der Waals surface area (Å²) < 4.78 is 0. The zero-order valence-corrected chi connectivity index (χ0v) is 15.6. The van der Waals surface area contributed by atoms with Gasteiger partial charge in [-0.15, -0.1) is 0 Å². The second-order valence-corrected chi connectivity index (χ2v) is 7.82. The van der Waals surface area contributed by atoms with Crippen LogP contribution in [-0.2, 0) is 6.61 Å². The highest BCUT2D eigenvalue weighted by Gasteiger charge is 2.35. The molecule has 0 bridgehead atoms. The molecule has 28 heavy (non-hydrogen) atoms. The van der Waals surface area contributed by atoms with Crippen molar-refractivity contribution in [3.05, 3.63) is 66.0 Å². The van der Waals surface area contributed by atoms with Gasteiger partial charge in [0.15, 0.2) is 0 Å². The highest BCUT2D eigenvalue weighted by atomic mass is 16.3. The quantitative estimate of drug-likeness (QED) is 0.687. The van der Waals surface area contributed by atoms with Crippen LogP contribution in [0.15, 0.2) is 54.6 Å². The molecule has 1 aliphatic carbocycles. The molecule has 2 aromatic carbocycles. The Kier molecular flexibility index (Phi) is 4.24. The lowest BCUT2D eigenvalue weighted by atomic mass is 9.86. The average Bonchev–Trinajstić information content (AvgIpc) is 3.36. The number of hydrogen-bond acceptors (Lipinski definition) is 3. The molecule has 3 aromatic rings. The Balaban J connectivity index is 1.35. The number of nitrogens with zero attached hydrogens (tertiary/aromatic N) is 2. The SMILES string of the molecule is O=C(c1ccc(-c2ccc3nc(CO)[nH]c3c2)cc1)N1C[C@H]2CC=CC[C@H]2C1. The lowest BCUT2D eigenvalue weighted by Crippen LogP contribution is -2.28. The first-order valence-electron chi connectivity index (χ1n) is 9.85. The van der Waals surface area contributed by atoms with Gasteiger partial charge in [0, 0.05) is 18.7 Å². The number of likely N-dealkylation sites (tertiary alicyclic amines) is 1. The zero-order valence-electron chi connectivity index (χ0n) is 15.6. The first kappa shape index (κ1) is 17.2. The van der Waals surface area contributed by atoms with Crippen LogP contribution in [0.25, 0.3) is 22.2 Å². The fourth-order valence-electron chi connectivity index (χ4n) is 4.49. The minimum absolute atomic E-state index is 0.102. The van der Waals surface area contributed by atoms with Gasteiger partial charge in [0.25, 0.3) is 5.91 Å². The van der Waals surface area contributed by atoms with Gasteiger partial charge in [-0.25, -0.2) is 4.98 Å². The van der Waals surface area contributed by atoms with Crippen LogP contribution in [0.2, 0.25) is 0 Å². The summed E-state index contributed by atoms with van der Waals surface area (Å²) in [5.74, 6) is 1.95. The predicted molar refractivity (Wildman–Crippen MR) is 109 cm³/mol. The summed E-state index contributed by atoms with van der Waals surface area (Å²) in [6, 6.07) is 13.8. The summed E-state index contributed by atoms with van der Waals surface area (Å²) in [7, 11) is 0. The standard InChI is InChI=1S/C23H23N3O2/c27-14-22-24-20-10-9-17(11-21(20)25-22)15-5-7-16(8-6-15)23(28)26-12-18-3-1-2-4-19(18)13-26/h1-2,5-11,18-19,27H,3-4,12-14H2,(H,24,25)/t18-,19+. The van der Waals surface area contributed by atoms with Crippen molar-refractivity contribution in [2.24, 2.45) is 11.8 Å². The second-order valence-electron chi connectivity index (χ2n) is 7.82. The number of aromatic amines is 1. The van der Waals surface area contributed by atoms with Crippen molar-refractivity contribution < 1.29 is 9.90 Å². The topological polar surface area (TPSA) is 69.2 Å². The van der Waals surface area contributed by atoms with Gasteiger partial charge in [-0.1, -0.05) is 30.4 Å². The Bertz CT molecular complexity index is 1040. The number of carbonyl (C=O) groups excluding carboxylic acids is 1. The summed E-state index contributed by atoms with van der Waals surface area (Å²) in [5.41, 5.74) is 4.59. The van der Waals surface area contributed by atoms with E-state index in [0.29, 0.717) is 17.7 Å². The molecule has 1 aliphatic heterocycles. The van der Waals surface area contributed by atoms with Crippen LogP contribution in [0, 0.1) is 11.8 Å². The number of carbonyl (C=O) groups is 1. The third kappa shape index (κ3) is 3.02. The van der Waals surface area contributed by atoms with Gasteiger partial charge < -0.3 is 15.0 Å². The fourth-order valence-corrected chi connectivity index (χ4v) is 4.49. The highest BCUT2D eigenvalue weighted by molar-refractivity contribution is 5.95. The number of amides is 1. The molecule has 0 unspecified atom stereocenters. The number of fused-ring (bicyclic) bond motifs is 2. The first-order valence-corrected chi connectivity index (χ1v) is 9.85. The van der Waals surface area contributed by atoms with E-state index in [1.165, 1.54) is 0 Å². The Morgan fingerprint density at radius 1 is 1.04 bits per heavy atom. The van der Waals surface area contributed by atoms with Crippen LogP contribution < -0.4 is 0 Å². The number of allylic oxidation sites excluding steroid dienone is 2. The fraction of sp³-hybridized carbons (Fsp3) is 0.304. The molecule has 0 radical (unpaired) electrons. The van der Waals surface area contributed by atoms with Crippen LogP contribution in [0.1, 0.15) is 29.0 Å². The van der Waals surface area contributed by atoms with Crippen LogP contribution in [-0.4, -0.2) is 39.0 Å². The molecular weight excluding hydrogens is 350 g/mol. The van der Waals surface area contributed by atoms with Crippen LogP contribution in [0.5, 0.6) is 0 Å². The van der Waals surface area contributed by atoms with Gasteiger partial charge >= 0.3 is 0 Å². The van der Waals surface area contributed by atoms with Crippen LogP contribution >= 0.6 is 0 Å². The van der Waals surface area contributed by atoms with Crippen molar-refractivity contribution in [1.82, 2.24) is 14.9 Å². The van der Waals surface area contributed by atoms with Gasteiger partial charge in [0.1, 0.15) is 12.4 Å². The Morgan fingerprint density at radius 2 is 1.71 bits per heavy atom. The zero-order chi connectivity index (χ0) is 19.1. The van der Waals surface area contributed by atoms with E-state index in [2.05, 4.69) is 22.1 Å². The van der Waals surface area contributed by atoms with Crippen molar-refractivity contribution in [3.63, 3.8) is 0 Å². The molecule has 142 valence electrons. The van der Waals surface area contributed by atoms with Crippen molar-refractivity contribution >= 4 is 16.9 Å². The molecule has 1 fully saturated rings. The minimum atomic E-state index is -0.102. The first-order chi connectivity index (χ1) is 13.7. The second kappa shape index (κ2) is 6.91. The van der Waals surface area contributed by atoms with E-state index < -0.39 is 0 Å². The number of aliphatic hydroxyl groups excluding tert-OH is 1. The minimum Gasteiger partial charge on any atom is -0.388 e. The molecule has 1 aromatic heterocycles. The average molecular weight is 373 g/mol. The van der Waals surface area contributed by atoms with E-state index in [4.69, 9.17) is 0 Å². The van der Waals surface area contributed by atoms with Crippen molar-refractivity contribution in [2.45, 2.75) is 19.4 Å². The lowest BCUT2D eigenvalue weighted by molar-refractivity contribution is 0.0784. The molecule has 2 atom stereocenters. The molecular formula is C23H23N3O2. The number of imidazole rings is 1. The summed E-state index contributed by atoms with van der Waals surface area (Å²) >= 11 is 0. The Labute approximate surface area is 163 Å². The van der Waals surface area contributed by atoms with Crippen LogP contribution in [0.3, 0.4) is 0 Å². The normalized spacial score (nSPS) is 21.2.